The molecule has 1 aromatic carbocycles. The number of nitrogens with two attached hydrogens (primary N) is 1. The summed E-state index contributed by atoms with van der Waals surface area (Å²) < 4.78 is 43.0. The third-order valence-corrected chi connectivity index (χ3v) is 3.15. The van der Waals surface area contributed by atoms with Crippen molar-refractivity contribution >= 4 is 6.09 Å². The Morgan fingerprint density at radius 1 is 1.42 bits per heavy atom. The summed E-state index contributed by atoms with van der Waals surface area (Å²) in [6, 6.07) is 4.28. The van der Waals surface area contributed by atoms with E-state index in [2.05, 4.69) is 0 Å². The molecule has 1 amide bonds. The van der Waals surface area contributed by atoms with Gasteiger partial charge < -0.3 is 15.4 Å². The molecule has 1 heterocycles. The number of nitrogens with zero attached hydrogens (tertiary/aromatic N) is 1. The van der Waals surface area contributed by atoms with E-state index in [-0.39, 0.29) is 6.54 Å². The molecule has 2 N–H and O–H groups in total. The van der Waals surface area contributed by atoms with Crippen LogP contribution in [0.1, 0.15) is 17.2 Å². The van der Waals surface area contributed by atoms with Crippen LogP contribution in [0.15, 0.2) is 24.3 Å². The Balaban J connectivity index is 2.34. The van der Waals surface area contributed by atoms with Gasteiger partial charge in [0, 0.05) is 13.6 Å². The number of halogens is 3. The van der Waals surface area contributed by atoms with Gasteiger partial charge >= 0.3 is 12.3 Å². The number of benzene rings is 1. The number of carbonyl (C=O) groups is 1. The lowest BCUT2D eigenvalue weighted by Crippen LogP contribution is -2.36. The van der Waals surface area contributed by atoms with Crippen molar-refractivity contribution in [3.63, 3.8) is 0 Å². The normalized spacial score (nSPS) is 23.6. The van der Waals surface area contributed by atoms with Gasteiger partial charge in [0.25, 0.3) is 0 Å². The maximum absolute atomic E-state index is 12.6. The summed E-state index contributed by atoms with van der Waals surface area (Å²) in [5.41, 5.74) is 5.06. The minimum Gasteiger partial charge on any atom is -0.439 e. The van der Waals surface area contributed by atoms with Crippen molar-refractivity contribution < 1.29 is 22.7 Å². The summed E-state index contributed by atoms with van der Waals surface area (Å²) in [6.45, 7) is 0.114. The van der Waals surface area contributed by atoms with Crippen LogP contribution in [0.4, 0.5) is 18.0 Å². The first-order valence-corrected chi connectivity index (χ1v) is 5.65. The van der Waals surface area contributed by atoms with E-state index in [1.807, 2.05) is 0 Å². The Hall–Kier alpha value is -1.76. The minimum atomic E-state index is -4.43. The number of amides is 1. The van der Waals surface area contributed by atoms with Crippen LogP contribution in [0.5, 0.6) is 0 Å². The van der Waals surface area contributed by atoms with E-state index in [4.69, 9.17) is 10.5 Å². The Morgan fingerprint density at radius 3 is 2.68 bits per heavy atom. The fraction of sp³-hybridized carbons (Fsp3) is 0.417. The standard InChI is InChI=1S/C12H13F3N2O2/c1-17-9(6-16)10(19-11(17)18)7-3-2-4-8(5-7)12(13,14)15/h2-5,9-10H,6,16H2,1H3. The molecule has 0 aromatic heterocycles. The largest absolute Gasteiger partial charge is 0.439 e. The number of alkyl halides is 3. The summed E-state index contributed by atoms with van der Waals surface area (Å²) in [5, 5.41) is 0. The number of hydrogen-bond donors (Lipinski definition) is 1. The maximum atomic E-state index is 12.6. The van der Waals surface area contributed by atoms with Gasteiger partial charge in [-0.15, -0.1) is 0 Å². The molecule has 1 saturated heterocycles. The summed E-state index contributed by atoms with van der Waals surface area (Å²) in [4.78, 5) is 12.7. The smallest absolute Gasteiger partial charge is 0.416 e. The molecule has 0 saturated carbocycles. The molecule has 0 bridgehead atoms. The molecule has 1 fully saturated rings. The van der Waals surface area contributed by atoms with Gasteiger partial charge in [-0.1, -0.05) is 12.1 Å². The highest BCUT2D eigenvalue weighted by Gasteiger charge is 2.40. The predicted molar refractivity (Wildman–Crippen MR) is 61.3 cm³/mol. The first kappa shape index (κ1) is 13.7. The van der Waals surface area contributed by atoms with Crippen LogP contribution in [0.2, 0.25) is 0 Å². The van der Waals surface area contributed by atoms with Gasteiger partial charge in [0.05, 0.1) is 11.6 Å². The molecule has 4 nitrogen and oxygen atoms in total. The van der Waals surface area contributed by atoms with E-state index in [0.29, 0.717) is 5.56 Å². The molecule has 2 atom stereocenters. The summed E-state index contributed by atoms with van der Waals surface area (Å²) in [7, 11) is 1.51. The highest BCUT2D eigenvalue weighted by molar-refractivity contribution is 5.70. The van der Waals surface area contributed by atoms with E-state index in [1.54, 1.807) is 0 Å². The lowest BCUT2D eigenvalue weighted by Gasteiger charge is -2.20. The van der Waals surface area contributed by atoms with E-state index in [0.717, 1.165) is 12.1 Å². The van der Waals surface area contributed by atoms with Gasteiger partial charge in [0.2, 0.25) is 0 Å². The maximum Gasteiger partial charge on any atom is 0.416 e. The van der Waals surface area contributed by atoms with Gasteiger partial charge in [-0.2, -0.15) is 13.2 Å². The number of ether oxygens (including phenoxy) is 1. The number of rotatable bonds is 2. The van der Waals surface area contributed by atoms with Crippen molar-refractivity contribution in [2.45, 2.75) is 18.3 Å². The average Bonchev–Trinajstić information content (AvgIpc) is 2.64. The zero-order valence-corrected chi connectivity index (χ0v) is 10.1. The first-order valence-electron chi connectivity index (χ1n) is 5.65. The van der Waals surface area contributed by atoms with Crippen molar-refractivity contribution in [3.05, 3.63) is 35.4 Å². The lowest BCUT2D eigenvalue weighted by atomic mass is 10.00. The fourth-order valence-electron chi connectivity index (χ4n) is 2.07. The Labute approximate surface area is 107 Å². The number of likely N-dealkylation sites (N-methyl/N-ethyl adjacent to an activating group) is 1. The second kappa shape index (κ2) is 4.73. The number of carbonyl (C=O) groups excluding carboxylic acids is 1. The molecule has 1 aromatic rings. The Morgan fingerprint density at radius 2 is 2.11 bits per heavy atom. The van der Waals surface area contributed by atoms with E-state index >= 15 is 0 Å². The lowest BCUT2D eigenvalue weighted by molar-refractivity contribution is -0.137. The van der Waals surface area contributed by atoms with Crippen molar-refractivity contribution in [2.24, 2.45) is 5.73 Å². The van der Waals surface area contributed by atoms with Crippen molar-refractivity contribution in [1.29, 1.82) is 0 Å². The molecule has 7 heteroatoms. The molecule has 1 aliphatic heterocycles. The summed E-state index contributed by atoms with van der Waals surface area (Å²) in [6.07, 6.45) is -5.79. The van der Waals surface area contributed by atoms with Gasteiger partial charge in [0.15, 0.2) is 6.10 Å². The van der Waals surface area contributed by atoms with Gasteiger partial charge in [-0.05, 0) is 17.7 Å². The van der Waals surface area contributed by atoms with Gasteiger partial charge in [-0.25, -0.2) is 4.79 Å². The third kappa shape index (κ3) is 2.51. The van der Waals surface area contributed by atoms with Gasteiger partial charge in [0.1, 0.15) is 0 Å². The monoisotopic (exact) mass is 274 g/mol. The van der Waals surface area contributed by atoms with Crippen molar-refractivity contribution in [3.8, 4) is 0 Å². The molecule has 0 spiro atoms. The molecule has 0 radical (unpaired) electrons. The minimum absolute atomic E-state index is 0.114. The summed E-state index contributed by atoms with van der Waals surface area (Å²) in [5.74, 6) is 0. The zero-order valence-electron chi connectivity index (χ0n) is 10.1. The number of cyclic esters (lactones) is 1. The second-order valence-corrected chi connectivity index (χ2v) is 4.34. The fourth-order valence-corrected chi connectivity index (χ4v) is 2.07. The SMILES string of the molecule is CN1C(=O)OC(c2cccc(C(F)(F)F)c2)C1CN. The van der Waals surface area contributed by atoms with Crippen molar-refractivity contribution in [2.75, 3.05) is 13.6 Å². The molecule has 104 valence electrons. The highest BCUT2D eigenvalue weighted by atomic mass is 19.4. The summed E-state index contributed by atoms with van der Waals surface area (Å²) >= 11 is 0. The van der Waals surface area contributed by atoms with Crippen molar-refractivity contribution in [1.82, 2.24) is 4.90 Å². The third-order valence-electron chi connectivity index (χ3n) is 3.15. The van der Waals surface area contributed by atoms with Gasteiger partial charge in [-0.3, -0.25) is 0 Å². The highest BCUT2D eigenvalue weighted by Crippen LogP contribution is 2.35. The first-order chi connectivity index (χ1) is 8.84. The molecule has 0 aliphatic carbocycles. The molecule has 2 unspecified atom stereocenters. The molecular weight excluding hydrogens is 261 g/mol. The van der Waals surface area contributed by atoms with Crippen LogP contribution < -0.4 is 5.73 Å². The van der Waals surface area contributed by atoms with Crippen LogP contribution in [0.3, 0.4) is 0 Å². The Bertz CT molecular complexity index is 490. The average molecular weight is 274 g/mol. The van der Waals surface area contributed by atoms with E-state index in [1.165, 1.54) is 24.1 Å². The quantitative estimate of drug-likeness (QED) is 0.899. The predicted octanol–water partition coefficient (Wildman–Crippen LogP) is 2.16. The Kier molecular flexibility index (Phi) is 3.40. The molecule has 2 rings (SSSR count). The molecule has 19 heavy (non-hydrogen) atoms. The van der Waals surface area contributed by atoms with E-state index < -0.39 is 30.0 Å². The zero-order chi connectivity index (χ0) is 14.2. The van der Waals surface area contributed by atoms with Crippen LogP contribution in [-0.2, 0) is 10.9 Å². The van der Waals surface area contributed by atoms with Crippen LogP contribution in [0, 0.1) is 0 Å². The molecule has 1 aliphatic rings. The topological polar surface area (TPSA) is 55.6 Å². The molecular formula is C12H13F3N2O2. The van der Waals surface area contributed by atoms with Crippen LogP contribution >= 0.6 is 0 Å². The van der Waals surface area contributed by atoms with Crippen LogP contribution in [-0.4, -0.2) is 30.6 Å². The van der Waals surface area contributed by atoms with E-state index in [9.17, 15) is 18.0 Å². The second-order valence-electron chi connectivity index (χ2n) is 4.34. The number of hydrogen-bond acceptors (Lipinski definition) is 3. The van der Waals surface area contributed by atoms with Crippen LogP contribution in [0.25, 0.3) is 0 Å².